The molecular formula is C11H15N3O. The van der Waals surface area contributed by atoms with Crippen LogP contribution in [0.2, 0.25) is 0 Å². The minimum absolute atomic E-state index is 0.517. The molecule has 0 aliphatic carbocycles. The second-order valence-corrected chi connectivity index (χ2v) is 3.30. The van der Waals surface area contributed by atoms with Gasteiger partial charge in [-0.2, -0.15) is 0 Å². The molecular weight excluding hydrogens is 190 g/mol. The summed E-state index contributed by atoms with van der Waals surface area (Å²) in [5.74, 6) is 0.862. The van der Waals surface area contributed by atoms with Crippen LogP contribution >= 0.6 is 0 Å². The number of para-hydroxylation sites is 2. The van der Waals surface area contributed by atoms with Crippen LogP contribution in [0.1, 0.15) is 6.92 Å². The fourth-order valence-corrected chi connectivity index (χ4v) is 1.63. The van der Waals surface area contributed by atoms with Gasteiger partial charge < -0.3 is 10.1 Å². The molecule has 0 aliphatic rings. The Hall–Kier alpha value is -1.55. The molecule has 4 heteroatoms. The summed E-state index contributed by atoms with van der Waals surface area (Å²) in [6, 6.07) is 8.04. The zero-order valence-corrected chi connectivity index (χ0v) is 9.03. The van der Waals surface area contributed by atoms with E-state index in [1.165, 1.54) is 0 Å². The third-order valence-electron chi connectivity index (χ3n) is 2.25. The molecule has 1 aromatic heterocycles. The number of rotatable bonds is 4. The summed E-state index contributed by atoms with van der Waals surface area (Å²) in [7, 11) is 1.69. The first kappa shape index (κ1) is 9.98. The Morgan fingerprint density at radius 1 is 1.40 bits per heavy atom. The van der Waals surface area contributed by atoms with Crippen molar-refractivity contribution in [2.24, 2.45) is 0 Å². The molecule has 0 atom stereocenters. The van der Waals surface area contributed by atoms with Crippen molar-refractivity contribution in [1.29, 1.82) is 0 Å². The van der Waals surface area contributed by atoms with Crippen LogP contribution in [0.25, 0.3) is 11.0 Å². The Balaban J connectivity index is 2.53. The van der Waals surface area contributed by atoms with Crippen molar-refractivity contribution in [2.75, 3.05) is 19.0 Å². The van der Waals surface area contributed by atoms with Gasteiger partial charge in [-0.05, 0) is 19.1 Å². The minimum atomic E-state index is 0.517. The molecule has 0 spiro atoms. The molecule has 0 unspecified atom stereocenters. The van der Waals surface area contributed by atoms with E-state index < -0.39 is 0 Å². The first-order valence-electron chi connectivity index (χ1n) is 5.05. The van der Waals surface area contributed by atoms with E-state index in [0.717, 1.165) is 23.5 Å². The van der Waals surface area contributed by atoms with E-state index in [0.29, 0.717) is 6.73 Å². The fourth-order valence-electron chi connectivity index (χ4n) is 1.63. The average Bonchev–Trinajstić information content (AvgIpc) is 2.59. The molecule has 0 saturated heterocycles. The highest BCUT2D eigenvalue weighted by Gasteiger charge is 2.08. The molecule has 15 heavy (non-hydrogen) atoms. The highest BCUT2D eigenvalue weighted by atomic mass is 16.5. The van der Waals surface area contributed by atoms with Gasteiger partial charge in [0.1, 0.15) is 6.73 Å². The van der Waals surface area contributed by atoms with Crippen LogP contribution in [0.15, 0.2) is 24.3 Å². The molecule has 0 bridgehead atoms. The molecule has 0 amide bonds. The quantitative estimate of drug-likeness (QED) is 0.830. The van der Waals surface area contributed by atoms with Gasteiger partial charge in [-0.3, -0.25) is 4.57 Å². The molecule has 1 N–H and O–H groups in total. The molecule has 2 rings (SSSR count). The summed E-state index contributed by atoms with van der Waals surface area (Å²) in [5, 5.41) is 3.22. The number of nitrogens with one attached hydrogen (secondary N) is 1. The molecule has 0 saturated carbocycles. The van der Waals surface area contributed by atoms with Gasteiger partial charge in [-0.15, -0.1) is 0 Å². The number of nitrogens with zero attached hydrogens (tertiary/aromatic N) is 2. The fraction of sp³-hybridized carbons (Fsp3) is 0.364. The number of ether oxygens (including phenoxy) is 1. The van der Waals surface area contributed by atoms with E-state index in [9.17, 15) is 0 Å². The van der Waals surface area contributed by atoms with Crippen molar-refractivity contribution in [3.05, 3.63) is 24.3 Å². The predicted octanol–water partition coefficient (Wildman–Crippen LogP) is 2.07. The highest BCUT2D eigenvalue weighted by molar-refractivity contribution is 5.78. The highest BCUT2D eigenvalue weighted by Crippen LogP contribution is 2.19. The van der Waals surface area contributed by atoms with Crippen LogP contribution in [-0.4, -0.2) is 23.2 Å². The lowest BCUT2D eigenvalue weighted by atomic mass is 10.3. The van der Waals surface area contributed by atoms with Crippen molar-refractivity contribution in [2.45, 2.75) is 13.7 Å². The predicted molar refractivity (Wildman–Crippen MR) is 60.9 cm³/mol. The molecule has 0 radical (unpaired) electrons. The summed E-state index contributed by atoms with van der Waals surface area (Å²) >= 11 is 0. The number of benzene rings is 1. The second kappa shape index (κ2) is 4.31. The topological polar surface area (TPSA) is 39.1 Å². The van der Waals surface area contributed by atoms with Crippen molar-refractivity contribution < 1.29 is 4.74 Å². The first-order valence-corrected chi connectivity index (χ1v) is 5.05. The van der Waals surface area contributed by atoms with Crippen molar-refractivity contribution in [3.8, 4) is 0 Å². The summed E-state index contributed by atoms with van der Waals surface area (Å²) in [6.07, 6.45) is 0. The summed E-state index contributed by atoms with van der Waals surface area (Å²) in [5.41, 5.74) is 2.08. The van der Waals surface area contributed by atoms with Crippen molar-refractivity contribution >= 4 is 17.0 Å². The van der Waals surface area contributed by atoms with Crippen molar-refractivity contribution in [3.63, 3.8) is 0 Å². The largest absolute Gasteiger partial charge is 0.364 e. The van der Waals surface area contributed by atoms with Crippen LogP contribution in [-0.2, 0) is 11.5 Å². The normalized spacial score (nSPS) is 10.8. The third kappa shape index (κ3) is 1.80. The van der Waals surface area contributed by atoms with Crippen LogP contribution in [0, 0.1) is 0 Å². The number of hydrogen-bond donors (Lipinski definition) is 1. The molecule has 1 aromatic carbocycles. The van der Waals surface area contributed by atoms with E-state index in [1.54, 1.807) is 7.11 Å². The molecule has 80 valence electrons. The molecule has 0 aliphatic heterocycles. The molecule has 0 fully saturated rings. The molecule has 2 aromatic rings. The Bertz CT molecular complexity index is 450. The zero-order chi connectivity index (χ0) is 10.7. The lowest BCUT2D eigenvalue weighted by molar-refractivity contribution is 0.136. The monoisotopic (exact) mass is 205 g/mol. The van der Waals surface area contributed by atoms with Crippen LogP contribution in [0.4, 0.5) is 5.95 Å². The number of methoxy groups -OCH3 is 1. The van der Waals surface area contributed by atoms with Gasteiger partial charge in [-0.25, -0.2) is 4.98 Å². The van der Waals surface area contributed by atoms with Crippen molar-refractivity contribution in [1.82, 2.24) is 9.55 Å². The van der Waals surface area contributed by atoms with E-state index in [-0.39, 0.29) is 0 Å². The summed E-state index contributed by atoms with van der Waals surface area (Å²) < 4.78 is 7.19. The van der Waals surface area contributed by atoms with E-state index in [1.807, 2.05) is 28.8 Å². The maximum atomic E-state index is 5.16. The van der Waals surface area contributed by atoms with Crippen LogP contribution in [0.3, 0.4) is 0 Å². The Morgan fingerprint density at radius 2 is 2.20 bits per heavy atom. The van der Waals surface area contributed by atoms with Gasteiger partial charge >= 0.3 is 0 Å². The minimum Gasteiger partial charge on any atom is -0.364 e. The number of hydrogen-bond acceptors (Lipinski definition) is 3. The lowest BCUT2D eigenvalue weighted by Crippen LogP contribution is -2.07. The summed E-state index contributed by atoms with van der Waals surface area (Å²) in [4.78, 5) is 4.49. The SMILES string of the molecule is CCNc1nc2ccccc2n1COC. The average molecular weight is 205 g/mol. The maximum absolute atomic E-state index is 5.16. The number of aromatic nitrogens is 2. The number of fused-ring (bicyclic) bond motifs is 1. The Morgan fingerprint density at radius 3 is 2.93 bits per heavy atom. The summed E-state index contributed by atoms with van der Waals surface area (Å²) in [6.45, 7) is 3.42. The van der Waals surface area contributed by atoms with Crippen LogP contribution in [0.5, 0.6) is 0 Å². The van der Waals surface area contributed by atoms with E-state index in [4.69, 9.17) is 4.74 Å². The Kier molecular flexibility index (Phi) is 2.87. The van der Waals surface area contributed by atoms with E-state index >= 15 is 0 Å². The second-order valence-electron chi connectivity index (χ2n) is 3.30. The van der Waals surface area contributed by atoms with Gasteiger partial charge in [0, 0.05) is 13.7 Å². The van der Waals surface area contributed by atoms with Gasteiger partial charge in [0.15, 0.2) is 0 Å². The third-order valence-corrected chi connectivity index (χ3v) is 2.25. The van der Waals surface area contributed by atoms with E-state index in [2.05, 4.69) is 17.2 Å². The first-order chi connectivity index (χ1) is 7.36. The van der Waals surface area contributed by atoms with Gasteiger partial charge in [0.05, 0.1) is 11.0 Å². The molecule has 4 nitrogen and oxygen atoms in total. The van der Waals surface area contributed by atoms with Gasteiger partial charge in [0.25, 0.3) is 0 Å². The maximum Gasteiger partial charge on any atom is 0.205 e. The Labute approximate surface area is 88.9 Å². The lowest BCUT2D eigenvalue weighted by Gasteiger charge is -2.07. The molecule has 1 heterocycles. The number of imidazole rings is 1. The smallest absolute Gasteiger partial charge is 0.205 e. The number of anilines is 1. The van der Waals surface area contributed by atoms with Crippen LogP contribution < -0.4 is 5.32 Å². The van der Waals surface area contributed by atoms with Gasteiger partial charge in [0.2, 0.25) is 5.95 Å². The zero-order valence-electron chi connectivity index (χ0n) is 9.03. The standard InChI is InChI=1S/C11H15N3O/c1-3-12-11-13-9-6-4-5-7-10(9)14(11)8-15-2/h4-7H,3,8H2,1-2H3,(H,12,13). The van der Waals surface area contributed by atoms with Gasteiger partial charge in [-0.1, -0.05) is 12.1 Å².